The summed E-state index contributed by atoms with van der Waals surface area (Å²) >= 11 is 0. The fourth-order valence-corrected chi connectivity index (χ4v) is 1.60. The van der Waals surface area contributed by atoms with Crippen LogP contribution >= 0.6 is 0 Å². The van der Waals surface area contributed by atoms with Crippen molar-refractivity contribution < 1.29 is 9.53 Å². The van der Waals surface area contributed by atoms with Gasteiger partial charge in [-0.15, -0.1) is 0 Å². The maximum atomic E-state index is 10.9. The third kappa shape index (κ3) is 5.47. The van der Waals surface area contributed by atoms with Gasteiger partial charge in [-0.1, -0.05) is 30.3 Å². The molecule has 1 rings (SSSR count). The van der Waals surface area contributed by atoms with E-state index >= 15 is 0 Å². The van der Waals surface area contributed by atoms with Crippen LogP contribution in [0.1, 0.15) is 5.56 Å². The normalized spacial score (nSPS) is 12.1. The highest BCUT2D eigenvalue weighted by atomic mass is 16.5. The highest BCUT2D eigenvalue weighted by molar-refractivity contribution is 5.71. The lowest BCUT2D eigenvalue weighted by Gasteiger charge is -2.16. The van der Waals surface area contributed by atoms with Gasteiger partial charge < -0.3 is 15.4 Å². The predicted molar refractivity (Wildman–Crippen MR) is 67.9 cm³/mol. The molecular formula is C13H20N2O2. The molecule has 4 heteroatoms. The van der Waals surface area contributed by atoms with E-state index in [1.165, 1.54) is 12.7 Å². The van der Waals surface area contributed by atoms with Crippen LogP contribution in [0.25, 0.3) is 0 Å². The second-order valence-corrected chi connectivity index (χ2v) is 3.88. The minimum Gasteiger partial charge on any atom is -0.468 e. The summed E-state index contributed by atoms with van der Waals surface area (Å²) in [5, 5.41) is 6.30. The molecule has 0 radical (unpaired) electrons. The Morgan fingerprint density at radius 3 is 2.65 bits per heavy atom. The number of methoxy groups -OCH3 is 1. The van der Waals surface area contributed by atoms with Crippen LogP contribution in [0.4, 0.5) is 0 Å². The lowest BCUT2D eigenvalue weighted by molar-refractivity contribution is -0.139. The van der Waals surface area contributed by atoms with Crippen molar-refractivity contribution in [1.29, 1.82) is 0 Å². The van der Waals surface area contributed by atoms with E-state index in [4.69, 9.17) is 0 Å². The van der Waals surface area contributed by atoms with E-state index in [9.17, 15) is 4.79 Å². The summed E-state index contributed by atoms with van der Waals surface area (Å²) in [4.78, 5) is 10.9. The molecule has 4 nitrogen and oxygen atoms in total. The van der Waals surface area contributed by atoms with Gasteiger partial charge in [0.25, 0.3) is 0 Å². The standard InChI is InChI=1S/C13H20N2O2/c1-14-12(9-15-10-13(16)17-2)8-11-6-4-3-5-7-11/h3-7,12,14-15H,8-10H2,1-2H3. The van der Waals surface area contributed by atoms with E-state index in [0.29, 0.717) is 6.04 Å². The molecule has 0 heterocycles. The fourth-order valence-electron chi connectivity index (χ4n) is 1.60. The number of hydrogen-bond acceptors (Lipinski definition) is 4. The van der Waals surface area contributed by atoms with Crippen LogP contribution in [0.2, 0.25) is 0 Å². The molecule has 0 aliphatic rings. The largest absolute Gasteiger partial charge is 0.468 e. The first-order chi connectivity index (χ1) is 8.26. The van der Waals surface area contributed by atoms with Gasteiger partial charge in [0.05, 0.1) is 13.7 Å². The average molecular weight is 236 g/mol. The Bertz CT molecular complexity index is 327. The minimum atomic E-state index is -0.237. The van der Waals surface area contributed by atoms with Crippen molar-refractivity contribution >= 4 is 5.97 Å². The molecule has 0 saturated carbocycles. The number of rotatable bonds is 7. The van der Waals surface area contributed by atoms with E-state index in [1.54, 1.807) is 0 Å². The van der Waals surface area contributed by atoms with Crippen LogP contribution in [-0.2, 0) is 16.0 Å². The van der Waals surface area contributed by atoms with Crippen molar-refractivity contribution in [3.05, 3.63) is 35.9 Å². The van der Waals surface area contributed by atoms with Crippen LogP contribution in [-0.4, -0.2) is 39.3 Å². The van der Waals surface area contributed by atoms with Crippen molar-refractivity contribution in [3.63, 3.8) is 0 Å². The van der Waals surface area contributed by atoms with Gasteiger partial charge in [-0.05, 0) is 19.0 Å². The van der Waals surface area contributed by atoms with Gasteiger partial charge in [0.15, 0.2) is 0 Å². The first-order valence-corrected chi connectivity index (χ1v) is 5.75. The van der Waals surface area contributed by atoms with E-state index in [-0.39, 0.29) is 12.5 Å². The molecule has 1 atom stereocenters. The second kappa shape index (κ2) is 7.81. The molecule has 0 spiro atoms. The van der Waals surface area contributed by atoms with Gasteiger partial charge in [0.1, 0.15) is 0 Å². The number of benzene rings is 1. The molecule has 94 valence electrons. The minimum absolute atomic E-state index is 0.237. The van der Waals surface area contributed by atoms with Crippen molar-refractivity contribution in [3.8, 4) is 0 Å². The number of nitrogens with one attached hydrogen (secondary N) is 2. The van der Waals surface area contributed by atoms with E-state index < -0.39 is 0 Å². The predicted octanol–water partition coefficient (Wildman–Crippen LogP) is 0.580. The summed E-state index contributed by atoms with van der Waals surface area (Å²) in [5.41, 5.74) is 1.28. The fraction of sp³-hybridized carbons (Fsp3) is 0.462. The topological polar surface area (TPSA) is 50.4 Å². The summed E-state index contributed by atoms with van der Waals surface area (Å²) in [6.07, 6.45) is 0.936. The molecule has 2 N–H and O–H groups in total. The van der Waals surface area contributed by atoms with Gasteiger partial charge >= 0.3 is 5.97 Å². The van der Waals surface area contributed by atoms with E-state index in [2.05, 4.69) is 27.5 Å². The van der Waals surface area contributed by atoms with Crippen molar-refractivity contribution in [2.75, 3.05) is 27.2 Å². The molecule has 17 heavy (non-hydrogen) atoms. The number of esters is 1. The zero-order valence-corrected chi connectivity index (χ0v) is 10.4. The summed E-state index contributed by atoms with van der Waals surface area (Å²) in [5.74, 6) is -0.237. The van der Waals surface area contributed by atoms with E-state index in [0.717, 1.165) is 13.0 Å². The number of ether oxygens (including phenoxy) is 1. The summed E-state index contributed by atoms with van der Waals surface area (Å²) in [6, 6.07) is 10.6. The lowest BCUT2D eigenvalue weighted by atomic mass is 10.1. The van der Waals surface area contributed by atoms with Crippen molar-refractivity contribution in [2.24, 2.45) is 0 Å². The highest BCUT2D eigenvalue weighted by Crippen LogP contribution is 2.02. The highest BCUT2D eigenvalue weighted by Gasteiger charge is 2.07. The zero-order valence-electron chi connectivity index (χ0n) is 10.4. The Morgan fingerprint density at radius 2 is 2.06 bits per heavy atom. The molecule has 0 fully saturated rings. The third-order valence-corrected chi connectivity index (χ3v) is 2.62. The molecule has 1 aromatic carbocycles. The van der Waals surface area contributed by atoms with Gasteiger partial charge in [-0.25, -0.2) is 0 Å². The number of carbonyl (C=O) groups is 1. The second-order valence-electron chi connectivity index (χ2n) is 3.88. The van der Waals surface area contributed by atoms with Crippen LogP contribution in [0, 0.1) is 0 Å². The van der Waals surface area contributed by atoms with Gasteiger partial charge in [0, 0.05) is 12.6 Å². The Morgan fingerprint density at radius 1 is 1.35 bits per heavy atom. The first-order valence-electron chi connectivity index (χ1n) is 5.75. The van der Waals surface area contributed by atoms with Crippen LogP contribution in [0.15, 0.2) is 30.3 Å². The number of hydrogen-bond donors (Lipinski definition) is 2. The maximum Gasteiger partial charge on any atom is 0.319 e. The monoisotopic (exact) mass is 236 g/mol. The molecule has 0 aromatic heterocycles. The SMILES string of the molecule is CNC(CNCC(=O)OC)Cc1ccccc1. The zero-order chi connectivity index (χ0) is 12.5. The van der Waals surface area contributed by atoms with Crippen LogP contribution in [0.3, 0.4) is 0 Å². The van der Waals surface area contributed by atoms with E-state index in [1.807, 2.05) is 25.2 Å². The van der Waals surface area contributed by atoms with Gasteiger partial charge in [0.2, 0.25) is 0 Å². The summed E-state index contributed by atoms with van der Waals surface area (Å²) in [7, 11) is 3.32. The third-order valence-electron chi connectivity index (χ3n) is 2.62. The Hall–Kier alpha value is -1.39. The molecule has 0 aliphatic heterocycles. The lowest BCUT2D eigenvalue weighted by Crippen LogP contribution is -2.40. The molecule has 0 amide bonds. The number of carbonyl (C=O) groups excluding carboxylic acids is 1. The molecule has 0 saturated heterocycles. The van der Waals surface area contributed by atoms with Crippen LogP contribution in [0.5, 0.6) is 0 Å². The smallest absolute Gasteiger partial charge is 0.319 e. The molecule has 1 unspecified atom stereocenters. The Labute approximate surface area is 102 Å². The molecule has 0 aliphatic carbocycles. The first kappa shape index (κ1) is 13.7. The quantitative estimate of drug-likeness (QED) is 0.680. The Balaban J connectivity index is 2.31. The van der Waals surface area contributed by atoms with Crippen molar-refractivity contribution in [2.45, 2.75) is 12.5 Å². The van der Waals surface area contributed by atoms with Crippen LogP contribution < -0.4 is 10.6 Å². The molecule has 1 aromatic rings. The Kier molecular flexibility index (Phi) is 6.29. The molecule has 0 bridgehead atoms. The maximum absolute atomic E-state index is 10.9. The van der Waals surface area contributed by atoms with Gasteiger partial charge in [-0.3, -0.25) is 4.79 Å². The van der Waals surface area contributed by atoms with Crippen molar-refractivity contribution in [1.82, 2.24) is 10.6 Å². The summed E-state index contributed by atoms with van der Waals surface area (Å²) in [6.45, 7) is 0.990. The molecular weight excluding hydrogens is 216 g/mol. The average Bonchev–Trinajstić information content (AvgIpc) is 2.38. The van der Waals surface area contributed by atoms with Gasteiger partial charge in [-0.2, -0.15) is 0 Å². The number of likely N-dealkylation sites (N-methyl/N-ethyl adjacent to an activating group) is 1. The summed E-state index contributed by atoms with van der Waals surface area (Å²) < 4.78 is 4.56.